The first-order valence-corrected chi connectivity index (χ1v) is 5.69. The molecule has 0 saturated heterocycles. The Bertz CT molecular complexity index is 208. The minimum atomic E-state index is -0.811. The topological polar surface area (TPSA) is 57.6 Å². The van der Waals surface area contributed by atoms with Crippen LogP contribution in [0.4, 0.5) is 0 Å². The first kappa shape index (κ1) is 13.3. The lowest BCUT2D eigenvalue weighted by Crippen LogP contribution is -2.28. The molecule has 0 aromatic heterocycles. The van der Waals surface area contributed by atoms with Crippen molar-refractivity contribution in [3.05, 3.63) is 0 Å². The third-order valence-electron chi connectivity index (χ3n) is 1.92. The van der Waals surface area contributed by atoms with E-state index >= 15 is 0 Å². The SMILES string of the molecule is CCN(C)C(=O)CSCC(C)C(=O)O. The molecule has 14 heavy (non-hydrogen) atoms. The summed E-state index contributed by atoms with van der Waals surface area (Å²) in [4.78, 5) is 23.4. The normalized spacial score (nSPS) is 12.2. The maximum Gasteiger partial charge on any atom is 0.307 e. The lowest BCUT2D eigenvalue weighted by Gasteiger charge is -2.14. The number of carbonyl (C=O) groups excluding carboxylic acids is 1. The summed E-state index contributed by atoms with van der Waals surface area (Å²) in [5, 5.41) is 8.59. The van der Waals surface area contributed by atoms with Crippen LogP contribution in [0.25, 0.3) is 0 Å². The maximum atomic E-state index is 11.3. The molecule has 0 spiro atoms. The minimum Gasteiger partial charge on any atom is -0.481 e. The van der Waals surface area contributed by atoms with E-state index in [0.29, 0.717) is 18.1 Å². The van der Waals surface area contributed by atoms with Crippen LogP contribution in [0.1, 0.15) is 13.8 Å². The van der Waals surface area contributed by atoms with Crippen molar-refractivity contribution in [3.8, 4) is 0 Å². The maximum absolute atomic E-state index is 11.3. The molecule has 0 aromatic rings. The molecule has 0 saturated carbocycles. The number of thioether (sulfide) groups is 1. The third-order valence-corrected chi connectivity index (χ3v) is 3.10. The lowest BCUT2D eigenvalue weighted by molar-refractivity contribution is -0.140. The number of aliphatic carboxylic acids is 1. The highest BCUT2D eigenvalue weighted by Gasteiger charge is 2.12. The van der Waals surface area contributed by atoms with E-state index in [4.69, 9.17) is 5.11 Å². The van der Waals surface area contributed by atoms with Crippen LogP contribution in [-0.2, 0) is 9.59 Å². The Hall–Kier alpha value is -0.710. The molecular formula is C9H17NO3S. The second-order valence-electron chi connectivity index (χ2n) is 3.16. The summed E-state index contributed by atoms with van der Waals surface area (Å²) in [5.74, 6) is -0.302. The Kier molecular flexibility index (Phi) is 6.36. The third kappa shape index (κ3) is 5.11. The van der Waals surface area contributed by atoms with Crippen molar-refractivity contribution >= 4 is 23.6 Å². The van der Waals surface area contributed by atoms with Gasteiger partial charge in [0.2, 0.25) is 5.91 Å². The summed E-state index contributed by atoms with van der Waals surface area (Å²) in [6.45, 7) is 4.24. The van der Waals surface area contributed by atoms with E-state index in [1.54, 1.807) is 18.9 Å². The summed E-state index contributed by atoms with van der Waals surface area (Å²) >= 11 is 1.37. The Morgan fingerprint density at radius 1 is 1.50 bits per heavy atom. The molecule has 0 rings (SSSR count). The quantitative estimate of drug-likeness (QED) is 0.721. The number of carboxylic acids is 1. The first-order valence-electron chi connectivity index (χ1n) is 4.53. The lowest BCUT2D eigenvalue weighted by atomic mass is 10.2. The average molecular weight is 219 g/mol. The fourth-order valence-corrected chi connectivity index (χ4v) is 1.69. The van der Waals surface area contributed by atoms with Crippen molar-refractivity contribution < 1.29 is 14.7 Å². The molecule has 0 aromatic carbocycles. The van der Waals surface area contributed by atoms with Gasteiger partial charge in [-0.05, 0) is 6.92 Å². The van der Waals surface area contributed by atoms with Gasteiger partial charge in [0.25, 0.3) is 0 Å². The number of carboxylic acid groups (broad SMARTS) is 1. The molecule has 0 radical (unpaired) electrons. The molecule has 4 nitrogen and oxygen atoms in total. The van der Waals surface area contributed by atoms with Gasteiger partial charge in [-0.15, -0.1) is 0 Å². The van der Waals surface area contributed by atoms with E-state index in [-0.39, 0.29) is 11.8 Å². The van der Waals surface area contributed by atoms with Crippen molar-refractivity contribution in [2.75, 3.05) is 25.1 Å². The number of nitrogens with zero attached hydrogens (tertiary/aromatic N) is 1. The molecule has 1 unspecified atom stereocenters. The van der Waals surface area contributed by atoms with Crippen molar-refractivity contribution in [1.82, 2.24) is 4.90 Å². The van der Waals surface area contributed by atoms with Crippen molar-refractivity contribution in [2.45, 2.75) is 13.8 Å². The zero-order valence-corrected chi connectivity index (χ0v) is 9.63. The fraction of sp³-hybridized carbons (Fsp3) is 0.778. The monoisotopic (exact) mass is 219 g/mol. The molecule has 82 valence electrons. The molecular weight excluding hydrogens is 202 g/mol. The largest absolute Gasteiger partial charge is 0.481 e. The number of hydrogen-bond acceptors (Lipinski definition) is 3. The van der Waals surface area contributed by atoms with Crippen molar-refractivity contribution in [1.29, 1.82) is 0 Å². The van der Waals surface area contributed by atoms with Gasteiger partial charge in [-0.2, -0.15) is 11.8 Å². The molecule has 0 aliphatic rings. The molecule has 0 bridgehead atoms. The highest BCUT2D eigenvalue weighted by Crippen LogP contribution is 2.08. The second kappa shape index (κ2) is 6.70. The molecule has 1 amide bonds. The van der Waals surface area contributed by atoms with Gasteiger partial charge < -0.3 is 10.0 Å². The Morgan fingerprint density at radius 3 is 2.50 bits per heavy atom. The molecule has 0 aliphatic carbocycles. The average Bonchev–Trinajstić information content (AvgIpc) is 2.15. The van der Waals surface area contributed by atoms with Crippen LogP contribution in [0.5, 0.6) is 0 Å². The molecule has 1 atom stereocenters. The molecule has 5 heteroatoms. The summed E-state index contributed by atoms with van der Waals surface area (Å²) in [6.07, 6.45) is 0. The Morgan fingerprint density at radius 2 is 2.07 bits per heavy atom. The van der Waals surface area contributed by atoms with Crippen molar-refractivity contribution in [2.24, 2.45) is 5.92 Å². The number of amides is 1. The highest BCUT2D eigenvalue weighted by atomic mass is 32.2. The molecule has 1 N–H and O–H groups in total. The van der Waals surface area contributed by atoms with Crippen LogP contribution in [0.2, 0.25) is 0 Å². The first-order chi connectivity index (χ1) is 6.49. The highest BCUT2D eigenvalue weighted by molar-refractivity contribution is 7.99. The predicted molar refractivity (Wildman–Crippen MR) is 57.4 cm³/mol. The van der Waals surface area contributed by atoms with Gasteiger partial charge in [-0.25, -0.2) is 0 Å². The van der Waals surface area contributed by atoms with E-state index in [0.717, 1.165) is 0 Å². The van der Waals surface area contributed by atoms with E-state index in [1.165, 1.54) is 11.8 Å². The van der Waals surface area contributed by atoms with Crippen LogP contribution in [0.3, 0.4) is 0 Å². The fourth-order valence-electron chi connectivity index (χ4n) is 0.681. The van der Waals surface area contributed by atoms with Gasteiger partial charge in [0, 0.05) is 19.3 Å². The van der Waals surface area contributed by atoms with E-state index < -0.39 is 5.97 Å². The van der Waals surface area contributed by atoms with E-state index in [2.05, 4.69) is 0 Å². The standard InChI is InChI=1S/C9H17NO3S/c1-4-10(3)8(11)6-14-5-7(2)9(12)13/h7H,4-6H2,1-3H3,(H,12,13). The predicted octanol–water partition coefficient (Wildman–Crippen LogP) is 0.919. The molecule has 0 heterocycles. The van der Waals surface area contributed by atoms with Crippen LogP contribution in [0, 0.1) is 5.92 Å². The number of hydrogen-bond donors (Lipinski definition) is 1. The summed E-state index contributed by atoms with van der Waals surface area (Å²) in [7, 11) is 1.74. The Balaban J connectivity index is 3.64. The van der Waals surface area contributed by atoms with Gasteiger partial charge in [0.15, 0.2) is 0 Å². The summed E-state index contributed by atoms with van der Waals surface area (Å²) < 4.78 is 0. The van der Waals surface area contributed by atoms with Crippen LogP contribution >= 0.6 is 11.8 Å². The zero-order valence-electron chi connectivity index (χ0n) is 8.82. The molecule has 0 fully saturated rings. The number of rotatable bonds is 6. The second-order valence-corrected chi connectivity index (χ2v) is 4.19. The smallest absolute Gasteiger partial charge is 0.307 e. The van der Waals surface area contributed by atoms with Crippen LogP contribution in [0.15, 0.2) is 0 Å². The summed E-state index contributed by atoms with van der Waals surface area (Å²) in [5.41, 5.74) is 0. The number of carbonyl (C=O) groups is 2. The van der Waals surface area contributed by atoms with Gasteiger partial charge in [0.1, 0.15) is 0 Å². The van der Waals surface area contributed by atoms with Gasteiger partial charge in [-0.1, -0.05) is 6.92 Å². The Labute approximate surface area is 88.7 Å². The summed E-state index contributed by atoms with van der Waals surface area (Å²) in [6, 6.07) is 0. The van der Waals surface area contributed by atoms with Gasteiger partial charge in [-0.3, -0.25) is 9.59 Å². The van der Waals surface area contributed by atoms with E-state index in [1.807, 2.05) is 6.92 Å². The van der Waals surface area contributed by atoms with Gasteiger partial charge in [0.05, 0.1) is 11.7 Å². The van der Waals surface area contributed by atoms with Crippen LogP contribution < -0.4 is 0 Å². The van der Waals surface area contributed by atoms with Crippen LogP contribution in [-0.4, -0.2) is 47.0 Å². The van der Waals surface area contributed by atoms with E-state index in [9.17, 15) is 9.59 Å². The van der Waals surface area contributed by atoms with Crippen molar-refractivity contribution in [3.63, 3.8) is 0 Å². The minimum absolute atomic E-state index is 0.0510. The zero-order chi connectivity index (χ0) is 11.1. The van der Waals surface area contributed by atoms with Gasteiger partial charge >= 0.3 is 5.97 Å². The molecule has 0 aliphatic heterocycles.